The van der Waals surface area contributed by atoms with E-state index in [-0.39, 0.29) is 30.9 Å². The number of para-hydroxylation sites is 1. The molecular formula is C24H32Cl2N2O2S. The summed E-state index contributed by atoms with van der Waals surface area (Å²) in [6.45, 7) is 3.74. The Labute approximate surface area is 201 Å². The molecule has 0 saturated carbocycles. The van der Waals surface area contributed by atoms with E-state index >= 15 is 0 Å². The van der Waals surface area contributed by atoms with Gasteiger partial charge in [-0.3, -0.25) is 0 Å². The van der Waals surface area contributed by atoms with Crippen molar-refractivity contribution >= 4 is 47.5 Å². The minimum absolute atomic E-state index is 0. The fourth-order valence-electron chi connectivity index (χ4n) is 4.02. The summed E-state index contributed by atoms with van der Waals surface area (Å²) in [7, 11) is 1.69. The normalized spacial score (nSPS) is 15.2. The number of likely N-dealkylation sites (tertiary alicyclic amines) is 1. The van der Waals surface area contributed by atoms with Gasteiger partial charge in [-0.15, -0.1) is 36.6 Å². The maximum Gasteiger partial charge on any atom is 0.134 e. The van der Waals surface area contributed by atoms with Crippen LogP contribution in [0.5, 0.6) is 5.75 Å². The van der Waals surface area contributed by atoms with Gasteiger partial charge >= 0.3 is 0 Å². The first-order valence-corrected chi connectivity index (χ1v) is 11.5. The summed E-state index contributed by atoms with van der Waals surface area (Å²) in [6.07, 6.45) is 5.32. The lowest BCUT2D eigenvalue weighted by Crippen LogP contribution is -2.30. The van der Waals surface area contributed by atoms with E-state index in [9.17, 15) is 0 Å². The summed E-state index contributed by atoms with van der Waals surface area (Å²) < 4.78 is 11.6. The lowest BCUT2D eigenvalue weighted by Gasteiger charge is -2.26. The van der Waals surface area contributed by atoms with Gasteiger partial charge in [-0.25, -0.2) is 0 Å². The number of fused-ring (bicyclic) bond motifs is 1. The Morgan fingerprint density at radius 2 is 1.84 bits per heavy atom. The van der Waals surface area contributed by atoms with Gasteiger partial charge < -0.3 is 19.8 Å². The van der Waals surface area contributed by atoms with Crippen molar-refractivity contribution in [3.63, 3.8) is 0 Å². The Hall–Kier alpha value is -1.37. The molecule has 31 heavy (non-hydrogen) atoms. The van der Waals surface area contributed by atoms with Crippen LogP contribution in [0.2, 0.25) is 0 Å². The third-order valence-corrected chi connectivity index (χ3v) is 6.70. The molecule has 1 unspecified atom stereocenters. The minimum atomic E-state index is -0.355. The van der Waals surface area contributed by atoms with Crippen molar-refractivity contribution in [2.24, 2.45) is 5.73 Å². The molecule has 0 aliphatic carbocycles. The largest absolute Gasteiger partial charge is 0.496 e. The summed E-state index contributed by atoms with van der Waals surface area (Å²) in [5.41, 5.74) is 8.41. The number of hydrogen-bond donors (Lipinski definition) is 1. The molecule has 1 fully saturated rings. The molecule has 1 aliphatic heterocycles. The third kappa shape index (κ3) is 6.56. The molecule has 0 amide bonds. The van der Waals surface area contributed by atoms with Crippen LogP contribution >= 0.6 is 36.6 Å². The van der Waals surface area contributed by atoms with Crippen molar-refractivity contribution in [3.8, 4) is 5.75 Å². The predicted octanol–water partition coefficient (Wildman–Crippen LogP) is 6.30. The van der Waals surface area contributed by atoms with Gasteiger partial charge in [0.05, 0.1) is 13.2 Å². The minimum Gasteiger partial charge on any atom is -0.496 e. The van der Waals surface area contributed by atoms with Crippen molar-refractivity contribution in [2.75, 3.05) is 32.5 Å². The highest BCUT2D eigenvalue weighted by molar-refractivity contribution is 7.99. The van der Waals surface area contributed by atoms with E-state index in [1.165, 1.54) is 50.2 Å². The van der Waals surface area contributed by atoms with Crippen LogP contribution in [0.15, 0.2) is 57.8 Å². The van der Waals surface area contributed by atoms with Gasteiger partial charge in [-0.1, -0.05) is 24.6 Å². The van der Waals surface area contributed by atoms with Gasteiger partial charge in [-0.05, 0) is 75.0 Å². The molecule has 0 spiro atoms. The van der Waals surface area contributed by atoms with Crippen LogP contribution < -0.4 is 10.5 Å². The SMILES string of the molecule is COc1ccc(SCCCN2CCCCC2)cc1C(N)c1cc2ccccc2o1.Cl.Cl. The molecule has 2 aromatic carbocycles. The predicted molar refractivity (Wildman–Crippen MR) is 135 cm³/mol. The fraction of sp³-hybridized carbons (Fsp3) is 0.417. The zero-order valence-electron chi connectivity index (χ0n) is 17.9. The third-order valence-electron chi connectivity index (χ3n) is 5.62. The zero-order valence-corrected chi connectivity index (χ0v) is 20.4. The smallest absolute Gasteiger partial charge is 0.134 e. The van der Waals surface area contributed by atoms with E-state index < -0.39 is 0 Å². The lowest BCUT2D eigenvalue weighted by atomic mass is 10.0. The number of hydrogen-bond acceptors (Lipinski definition) is 5. The number of ether oxygens (including phenoxy) is 1. The average molecular weight is 484 g/mol. The number of furan rings is 1. The number of thioether (sulfide) groups is 1. The van der Waals surface area contributed by atoms with Gasteiger partial charge in [0, 0.05) is 15.8 Å². The van der Waals surface area contributed by atoms with E-state index in [1.54, 1.807) is 7.11 Å². The quantitative estimate of drug-likeness (QED) is 0.301. The summed E-state index contributed by atoms with van der Waals surface area (Å²) in [6, 6.07) is 16.0. The molecule has 7 heteroatoms. The van der Waals surface area contributed by atoms with Crippen molar-refractivity contribution in [2.45, 2.75) is 36.6 Å². The van der Waals surface area contributed by atoms with E-state index in [0.29, 0.717) is 0 Å². The van der Waals surface area contributed by atoms with Crippen molar-refractivity contribution in [1.29, 1.82) is 0 Å². The molecule has 1 aliphatic rings. The second-order valence-corrected chi connectivity index (χ2v) is 8.84. The molecular weight excluding hydrogens is 451 g/mol. The average Bonchev–Trinajstić information content (AvgIpc) is 3.21. The molecule has 1 saturated heterocycles. The molecule has 1 aromatic heterocycles. The molecule has 2 N–H and O–H groups in total. The summed E-state index contributed by atoms with van der Waals surface area (Å²) in [4.78, 5) is 3.83. The Kier molecular flexibility index (Phi) is 10.5. The number of methoxy groups -OCH3 is 1. The number of rotatable bonds is 8. The maximum absolute atomic E-state index is 6.59. The van der Waals surface area contributed by atoms with Crippen LogP contribution in [0.4, 0.5) is 0 Å². The second-order valence-electron chi connectivity index (χ2n) is 7.67. The molecule has 3 aromatic rings. The Balaban J connectivity index is 0.00000171. The van der Waals surface area contributed by atoms with Gasteiger partial charge in [0.1, 0.15) is 17.1 Å². The highest BCUT2D eigenvalue weighted by Crippen LogP contribution is 2.34. The van der Waals surface area contributed by atoms with Crippen LogP contribution in [0, 0.1) is 0 Å². The van der Waals surface area contributed by atoms with Crippen LogP contribution in [0.25, 0.3) is 11.0 Å². The maximum atomic E-state index is 6.59. The first-order chi connectivity index (χ1) is 14.2. The Morgan fingerprint density at radius 1 is 1.06 bits per heavy atom. The Bertz CT molecular complexity index is 911. The second kappa shape index (κ2) is 12.6. The molecule has 4 nitrogen and oxygen atoms in total. The van der Waals surface area contributed by atoms with Gasteiger partial charge in [0.2, 0.25) is 0 Å². The summed E-state index contributed by atoms with van der Waals surface area (Å²) in [5.74, 6) is 2.68. The van der Waals surface area contributed by atoms with E-state index in [1.807, 2.05) is 48.2 Å². The Morgan fingerprint density at radius 3 is 2.58 bits per heavy atom. The molecule has 0 bridgehead atoms. The van der Waals surface area contributed by atoms with E-state index in [4.69, 9.17) is 14.9 Å². The molecule has 2 heterocycles. The molecule has 0 radical (unpaired) electrons. The first-order valence-electron chi connectivity index (χ1n) is 10.5. The van der Waals surface area contributed by atoms with Crippen LogP contribution in [-0.2, 0) is 0 Å². The van der Waals surface area contributed by atoms with E-state index in [0.717, 1.165) is 33.8 Å². The van der Waals surface area contributed by atoms with E-state index in [2.05, 4.69) is 17.0 Å². The highest BCUT2D eigenvalue weighted by atomic mass is 35.5. The van der Waals surface area contributed by atoms with Crippen LogP contribution in [0.1, 0.15) is 43.0 Å². The standard InChI is InChI=1S/C24H30N2O2S.2ClH/c1-27-22-11-10-19(29-15-7-14-26-12-5-2-6-13-26)17-20(22)24(25)23-16-18-8-3-4-9-21(18)28-23;;/h3-4,8-11,16-17,24H,2,5-7,12-15,25H2,1H3;2*1H. The number of benzene rings is 2. The van der Waals surface area contributed by atoms with Gasteiger partial charge in [0.25, 0.3) is 0 Å². The summed E-state index contributed by atoms with van der Waals surface area (Å²) >= 11 is 1.89. The summed E-state index contributed by atoms with van der Waals surface area (Å²) in [5, 5.41) is 1.07. The number of piperidine rings is 1. The van der Waals surface area contributed by atoms with Gasteiger partial charge in [0.15, 0.2) is 0 Å². The monoisotopic (exact) mass is 482 g/mol. The fourth-order valence-corrected chi connectivity index (χ4v) is 4.90. The number of halogens is 2. The topological polar surface area (TPSA) is 51.6 Å². The van der Waals surface area contributed by atoms with Crippen molar-refractivity contribution < 1.29 is 9.15 Å². The lowest BCUT2D eigenvalue weighted by molar-refractivity contribution is 0.230. The zero-order chi connectivity index (χ0) is 20.1. The molecule has 4 rings (SSSR count). The number of nitrogens with zero attached hydrogens (tertiary/aromatic N) is 1. The molecule has 1 atom stereocenters. The van der Waals surface area contributed by atoms with Gasteiger partial charge in [-0.2, -0.15) is 0 Å². The van der Waals surface area contributed by atoms with Crippen molar-refractivity contribution in [3.05, 3.63) is 59.9 Å². The van der Waals surface area contributed by atoms with Crippen LogP contribution in [-0.4, -0.2) is 37.4 Å². The first kappa shape index (κ1) is 25.9. The van der Waals surface area contributed by atoms with Crippen molar-refractivity contribution in [1.82, 2.24) is 4.90 Å². The number of nitrogens with two attached hydrogens (primary N) is 1. The van der Waals surface area contributed by atoms with Crippen LogP contribution in [0.3, 0.4) is 0 Å². The highest BCUT2D eigenvalue weighted by Gasteiger charge is 2.19. The molecule has 170 valence electrons.